The van der Waals surface area contributed by atoms with E-state index in [-0.39, 0.29) is 24.4 Å². The fraction of sp³-hybridized carbons (Fsp3) is 0.333. The van der Waals surface area contributed by atoms with Crippen LogP contribution in [0.4, 0.5) is 20.2 Å². The maximum atomic E-state index is 13.7. The molecule has 0 radical (unpaired) electrons. The highest BCUT2D eigenvalue weighted by Gasteiger charge is 2.48. The third kappa shape index (κ3) is 5.53. The summed E-state index contributed by atoms with van der Waals surface area (Å²) in [5.74, 6) is -4.86. The van der Waals surface area contributed by atoms with E-state index in [2.05, 4.69) is 20.7 Å². The number of nitrogens with zero attached hydrogens (tertiary/aromatic N) is 7. The Bertz CT molecular complexity index is 1720. The lowest BCUT2D eigenvalue weighted by atomic mass is 9.77. The van der Waals surface area contributed by atoms with Crippen molar-refractivity contribution in [2.24, 2.45) is 13.0 Å². The average Bonchev–Trinajstić information content (AvgIpc) is 3.51. The van der Waals surface area contributed by atoms with Gasteiger partial charge in [0.15, 0.2) is 5.15 Å². The molecule has 1 saturated heterocycles. The third-order valence-electron chi connectivity index (χ3n) is 7.46. The van der Waals surface area contributed by atoms with Crippen molar-refractivity contribution in [3.05, 3.63) is 59.0 Å². The second-order valence-electron chi connectivity index (χ2n) is 10.6. The Hall–Kier alpha value is -4.10. The van der Waals surface area contributed by atoms with Crippen molar-refractivity contribution in [2.45, 2.75) is 31.2 Å². The number of amides is 3. The lowest BCUT2D eigenvalue weighted by molar-refractivity contribution is -0.148. The van der Waals surface area contributed by atoms with E-state index in [0.29, 0.717) is 22.1 Å². The number of rotatable bonds is 7. The minimum absolute atomic E-state index is 0.00451. The SMILES string of the molecule is Cn1cc2cc(NC(=O)C(CC3CC(F)(F)C3)N3CC(=O)N(c4cc(Cl)ccc4-n4cc(Cl)nn4)CC3=O)ccc2n1. The fourth-order valence-electron chi connectivity index (χ4n) is 5.50. The van der Waals surface area contributed by atoms with Crippen molar-refractivity contribution in [2.75, 3.05) is 23.3 Å². The molecule has 6 rings (SSSR count). The maximum Gasteiger partial charge on any atom is 0.248 e. The fourth-order valence-corrected chi connectivity index (χ4v) is 5.79. The van der Waals surface area contributed by atoms with Crippen LogP contribution >= 0.6 is 23.2 Å². The molecule has 0 spiro atoms. The average molecular weight is 617 g/mol. The molecule has 218 valence electrons. The Kier molecular flexibility index (Phi) is 7.09. The Morgan fingerprint density at radius 2 is 1.86 bits per heavy atom. The summed E-state index contributed by atoms with van der Waals surface area (Å²) < 4.78 is 30.4. The summed E-state index contributed by atoms with van der Waals surface area (Å²) in [5, 5.41) is 16.0. The molecule has 1 aliphatic carbocycles. The largest absolute Gasteiger partial charge is 0.324 e. The summed E-state index contributed by atoms with van der Waals surface area (Å²) in [7, 11) is 1.78. The molecule has 1 atom stereocenters. The molecule has 15 heteroatoms. The van der Waals surface area contributed by atoms with Crippen LogP contribution in [0, 0.1) is 5.92 Å². The van der Waals surface area contributed by atoms with E-state index < -0.39 is 48.7 Å². The lowest BCUT2D eigenvalue weighted by Crippen LogP contribution is -2.60. The Morgan fingerprint density at radius 3 is 2.57 bits per heavy atom. The number of anilines is 2. The van der Waals surface area contributed by atoms with Crippen LogP contribution in [0.1, 0.15) is 19.3 Å². The zero-order valence-corrected chi connectivity index (χ0v) is 23.7. The second-order valence-corrected chi connectivity index (χ2v) is 11.4. The zero-order chi connectivity index (χ0) is 29.8. The van der Waals surface area contributed by atoms with E-state index in [0.717, 1.165) is 10.9 Å². The number of fused-ring (bicyclic) bond motifs is 1. The van der Waals surface area contributed by atoms with Crippen molar-refractivity contribution in [3.63, 3.8) is 0 Å². The molecule has 2 fully saturated rings. The van der Waals surface area contributed by atoms with Crippen molar-refractivity contribution >= 4 is 63.2 Å². The van der Waals surface area contributed by atoms with Crippen LogP contribution in [0.3, 0.4) is 0 Å². The summed E-state index contributed by atoms with van der Waals surface area (Å²) in [5.41, 5.74) is 1.89. The minimum Gasteiger partial charge on any atom is -0.324 e. The zero-order valence-electron chi connectivity index (χ0n) is 22.2. The van der Waals surface area contributed by atoms with Crippen molar-refractivity contribution in [1.82, 2.24) is 29.7 Å². The molecule has 1 aliphatic heterocycles. The normalized spacial score (nSPS) is 17.9. The maximum absolute atomic E-state index is 13.7. The van der Waals surface area contributed by atoms with Crippen LogP contribution in [0.15, 0.2) is 48.8 Å². The van der Waals surface area contributed by atoms with Gasteiger partial charge < -0.3 is 10.2 Å². The van der Waals surface area contributed by atoms with Gasteiger partial charge in [-0.25, -0.2) is 13.5 Å². The van der Waals surface area contributed by atoms with Crippen LogP contribution in [-0.4, -0.2) is 72.4 Å². The molecule has 2 aromatic carbocycles. The Labute approximate surface area is 247 Å². The van der Waals surface area contributed by atoms with E-state index in [1.54, 1.807) is 48.3 Å². The first-order chi connectivity index (χ1) is 20.0. The summed E-state index contributed by atoms with van der Waals surface area (Å²) in [6, 6.07) is 8.73. The lowest BCUT2D eigenvalue weighted by Gasteiger charge is -2.42. The van der Waals surface area contributed by atoms with Gasteiger partial charge in [-0.15, -0.1) is 5.10 Å². The monoisotopic (exact) mass is 616 g/mol. The van der Waals surface area contributed by atoms with Crippen LogP contribution in [0.25, 0.3) is 16.6 Å². The molecule has 2 aliphatic rings. The number of halogens is 4. The number of alkyl halides is 2. The van der Waals surface area contributed by atoms with Crippen molar-refractivity contribution in [1.29, 1.82) is 0 Å². The van der Waals surface area contributed by atoms with Gasteiger partial charge in [0, 0.05) is 42.2 Å². The molecular weight excluding hydrogens is 593 g/mol. The number of carbonyl (C=O) groups excluding carboxylic acids is 3. The van der Waals surface area contributed by atoms with Gasteiger partial charge in [-0.1, -0.05) is 28.4 Å². The van der Waals surface area contributed by atoms with Gasteiger partial charge in [0.2, 0.25) is 23.6 Å². The van der Waals surface area contributed by atoms with Gasteiger partial charge >= 0.3 is 0 Å². The van der Waals surface area contributed by atoms with Crippen molar-refractivity contribution < 1.29 is 23.2 Å². The smallest absolute Gasteiger partial charge is 0.248 e. The van der Waals surface area contributed by atoms with E-state index >= 15 is 0 Å². The molecule has 1 saturated carbocycles. The quantitative estimate of drug-likeness (QED) is 0.334. The van der Waals surface area contributed by atoms with Gasteiger partial charge in [-0.3, -0.25) is 24.0 Å². The first-order valence-corrected chi connectivity index (χ1v) is 13.8. The van der Waals surface area contributed by atoms with Gasteiger partial charge in [0.1, 0.15) is 19.1 Å². The van der Waals surface area contributed by atoms with Crippen LogP contribution in [0.2, 0.25) is 10.2 Å². The predicted octanol–water partition coefficient (Wildman–Crippen LogP) is 4.08. The highest BCUT2D eigenvalue weighted by Crippen LogP contribution is 2.45. The van der Waals surface area contributed by atoms with E-state index in [1.165, 1.54) is 26.7 Å². The number of hydrogen-bond donors (Lipinski definition) is 1. The molecule has 0 bridgehead atoms. The highest BCUT2D eigenvalue weighted by molar-refractivity contribution is 6.31. The van der Waals surface area contributed by atoms with Gasteiger partial charge in [0.05, 0.1) is 23.1 Å². The molecule has 1 unspecified atom stereocenters. The molecule has 3 heterocycles. The molecule has 3 amide bonds. The topological polar surface area (TPSA) is 118 Å². The molecule has 2 aromatic heterocycles. The highest BCUT2D eigenvalue weighted by atomic mass is 35.5. The number of aryl methyl sites for hydroxylation is 1. The van der Waals surface area contributed by atoms with Crippen LogP contribution < -0.4 is 10.2 Å². The molecule has 11 nitrogen and oxygen atoms in total. The minimum atomic E-state index is -2.80. The number of hydrogen-bond acceptors (Lipinski definition) is 6. The standard InChI is InChI=1S/C27H24Cl2F2N8O3/c1-36-11-16-7-18(3-4-19(16)34-36)32-26(42)22(6-15-9-27(30,31)10-15)38-14-24(40)37(13-25(38)41)21-8-17(28)2-5-20(21)39-12-23(29)33-35-39/h2-5,7-8,11-12,15,22H,6,9-10,13-14H2,1H3,(H,32,42). The third-order valence-corrected chi connectivity index (χ3v) is 7.87. The van der Waals surface area contributed by atoms with Crippen molar-refractivity contribution in [3.8, 4) is 5.69 Å². The number of aromatic nitrogens is 5. The predicted molar refractivity (Wildman–Crippen MR) is 151 cm³/mol. The van der Waals surface area contributed by atoms with Gasteiger partial charge in [-0.05, 0) is 48.7 Å². The number of piperazine rings is 1. The van der Waals surface area contributed by atoms with E-state index in [1.807, 2.05) is 0 Å². The van der Waals surface area contributed by atoms with E-state index in [9.17, 15) is 23.2 Å². The summed E-state index contributed by atoms with van der Waals surface area (Å²) >= 11 is 12.2. The Morgan fingerprint density at radius 1 is 1.07 bits per heavy atom. The summed E-state index contributed by atoms with van der Waals surface area (Å²) in [6.07, 6.45) is 2.46. The summed E-state index contributed by atoms with van der Waals surface area (Å²) in [4.78, 5) is 43.1. The van der Waals surface area contributed by atoms with Crippen LogP contribution in [0.5, 0.6) is 0 Å². The second kappa shape index (κ2) is 10.6. The van der Waals surface area contributed by atoms with Gasteiger partial charge in [-0.2, -0.15) is 5.10 Å². The molecule has 42 heavy (non-hydrogen) atoms. The number of carbonyl (C=O) groups is 3. The molecule has 4 aromatic rings. The Balaban J connectivity index is 1.26. The number of benzene rings is 2. The molecule has 1 N–H and O–H groups in total. The van der Waals surface area contributed by atoms with Gasteiger partial charge in [0.25, 0.3) is 0 Å². The first kappa shape index (κ1) is 28.0. The summed E-state index contributed by atoms with van der Waals surface area (Å²) in [6.45, 7) is -0.841. The number of nitrogens with one attached hydrogen (secondary N) is 1. The van der Waals surface area contributed by atoms with E-state index in [4.69, 9.17) is 23.2 Å². The van der Waals surface area contributed by atoms with Crippen LogP contribution in [-0.2, 0) is 21.4 Å². The molecular formula is C27H24Cl2F2N8O3. The first-order valence-electron chi connectivity index (χ1n) is 13.1.